The molecule has 3 aliphatic rings. The molecule has 3 rings (SSSR count). The zero-order chi connectivity index (χ0) is 13.6. The molecule has 3 saturated heterocycles. The van der Waals surface area contributed by atoms with Gasteiger partial charge in [0.05, 0.1) is 11.7 Å². The van der Waals surface area contributed by atoms with Gasteiger partial charge in [-0.05, 0) is 52.5 Å². The van der Waals surface area contributed by atoms with Crippen LogP contribution >= 0.6 is 0 Å². The molecular formula is C15H27N3O. The minimum Gasteiger partial charge on any atom is -0.323 e. The number of carbonyl (C=O) groups excluding carboxylic acids is 1. The van der Waals surface area contributed by atoms with Crippen molar-refractivity contribution in [2.45, 2.75) is 76.7 Å². The van der Waals surface area contributed by atoms with Gasteiger partial charge in [-0.25, -0.2) is 0 Å². The second-order valence-electron chi connectivity index (χ2n) is 6.73. The van der Waals surface area contributed by atoms with E-state index >= 15 is 0 Å². The molecule has 0 spiro atoms. The van der Waals surface area contributed by atoms with Gasteiger partial charge in [-0.3, -0.25) is 10.1 Å². The first-order chi connectivity index (χ1) is 9.05. The number of rotatable bonds is 2. The van der Waals surface area contributed by atoms with Crippen LogP contribution in [-0.2, 0) is 4.79 Å². The topological polar surface area (TPSA) is 35.6 Å². The van der Waals surface area contributed by atoms with Crippen LogP contribution in [0.3, 0.4) is 0 Å². The number of nitrogens with one attached hydrogen (secondary N) is 1. The van der Waals surface area contributed by atoms with Crippen LogP contribution in [0.4, 0.5) is 0 Å². The predicted molar refractivity (Wildman–Crippen MR) is 75.8 cm³/mol. The lowest BCUT2D eigenvalue weighted by Crippen LogP contribution is -2.51. The van der Waals surface area contributed by atoms with Crippen molar-refractivity contribution >= 4 is 5.91 Å². The first-order valence-electron chi connectivity index (χ1n) is 7.89. The van der Waals surface area contributed by atoms with Gasteiger partial charge in [0, 0.05) is 18.6 Å². The number of piperidine rings is 1. The molecule has 1 amide bonds. The average Bonchev–Trinajstić information content (AvgIpc) is 2.93. The number of hydrogen-bond acceptors (Lipinski definition) is 3. The molecule has 0 aromatic carbocycles. The summed E-state index contributed by atoms with van der Waals surface area (Å²) < 4.78 is 0. The highest BCUT2D eigenvalue weighted by Crippen LogP contribution is 2.33. The van der Waals surface area contributed by atoms with E-state index in [2.05, 4.69) is 35.9 Å². The van der Waals surface area contributed by atoms with Crippen molar-refractivity contribution in [3.8, 4) is 0 Å². The van der Waals surface area contributed by atoms with Crippen molar-refractivity contribution < 1.29 is 4.79 Å². The third-order valence-corrected chi connectivity index (χ3v) is 5.54. The summed E-state index contributed by atoms with van der Waals surface area (Å²) in [6, 6.07) is 1.18. The maximum atomic E-state index is 12.7. The molecule has 0 saturated carbocycles. The van der Waals surface area contributed by atoms with E-state index in [1.165, 1.54) is 32.4 Å². The van der Waals surface area contributed by atoms with Crippen LogP contribution in [0, 0.1) is 0 Å². The smallest absolute Gasteiger partial charge is 0.244 e. The van der Waals surface area contributed by atoms with Crippen LogP contribution in [0.1, 0.15) is 52.9 Å². The Bertz CT molecular complexity index is 372. The van der Waals surface area contributed by atoms with Gasteiger partial charge in [0.2, 0.25) is 5.91 Å². The zero-order valence-electron chi connectivity index (χ0n) is 12.5. The normalized spacial score (nSPS) is 43.8. The first kappa shape index (κ1) is 13.4. The van der Waals surface area contributed by atoms with E-state index in [1.54, 1.807) is 0 Å². The number of nitrogens with zero attached hydrogens (tertiary/aromatic N) is 2. The van der Waals surface area contributed by atoms with Crippen molar-refractivity contribution in [2.24, 2.45) is 0 Å². The molecule has 0 bridgehead atoms. The summed E-state index contributed by atoms with van der Waals surface area (Å²) >= 11 is 0. The standard InChI is InChI=1S/C15H27N3O/c1-4-15(3)14(19)18(11(2)16-15)13-7-9-17-8-5-6-12(17)10-13/h11-13,16H,4-10H2,1-3H3. The zero-order valence-corrected chi connectivity index (χ0v) is 12.5. The molecule has 0 aliphatic carbocycles. The van der Waals surface area contributed by atoms with Gasteiger partial charge < -0.3 is 9.80 Å². The van der Waals surface area contributed by atoms with E-state index < -0.39 is 0 Å². The van der Waals surface area contributed by atoms with Crippen molar-refractivity contribution in [3.63, 3.8) is 0 Å². The summed E-state index contributed by atoms with van der Waals surface area (Å²) in [4.78, 5) is 17.5. The van der Waals surface area contributed by atoms with Crippen LogP contribution in [0.25, 0.3) is 0 Å². The van der Waals surface area contributed by atoms with E-state index in [0.717, 1.165) is 18.9 Å². The Hall–Kier alpha value is -0.610. The lowest BCUT2D eigenvalue weighted by atomic mass is 9.94. The van der Waals surface area contributed by atoms with Crippen molar-refractivity contribution in [1.82, 2.24) is 15.1 Å². The van der Waals surface area contributed by atoms with Gasteiger partial charge in [0.25, 0.3) is 0 Å². The van der Waals surface area contributed by atoms with E-state index in [-0.39, 0.29) is 11.7 Å². The summed E-state index contributed by atoms with van der Waals surface area (Å²) in [6.45, 7) is 8.73. The van der Waals surface area contributed by atoms with Gasteiger partial charge in [-0.15, -0.1) is 0 Å². The van der Waals surface area contributed by atoms with E-state index in [9.17, 15) is 4.79 Å². The minimum atomic E-state index is -0.341. The molecule has 19 heavy (non-hydrogen) atoms. The van der Waals surface area contributed by atoms with Crippen LogP contribution in [-0.4, -0.2) is 52.6 Å². The van der Waals surface area contributed by atoms with Gasteiger partial charge in [0.1, 0.15) is 0 Å². The van der Waals surface area contributed by atoms with Gasteiger partial charge in [-0.1, -0.05) is 6.92 Å². The molecule has 0 aromatic rings. The third kappa shape index (κ3) is 2.09. The highest BCUT2D eigenvalue weighted by molar-refractivity contribution is 5.88. The lowest BCUT2D eigenvalue weighted by Gasteiger charge is -2.40. The highest BCUT2D eigenvalue weighted by Gasteiger charge is 2.48. The highest BCUT2D eigenvalue weighted by atomic mass is 16.2. The molecule has 4 heteroatoms. The Morgan fingerprint density at radius 1 is 1.32 bits per heavy atom. The van der Waals surface area contributed by atoms with Crippen LogP contribution < -0.4 is 5.32 Å². The molecule has 0 radical (unpaired) electrons. The Morgan fingerprint density at radius 3 is 2.79 bits per heavy atom. The molecule has 3 heterocycles. The number of hydrogen-bond donors (Lipinski definition) is 1. The largest absolute Gasteiger partial charge is 0.323 e. The molecule has 4 atom stereocenters. The second-order valence-corrected chi connectivity index (χ2v) is 6.73. The molecule has 108 valence electrons. The lowest BCUT2D eigenvalue weighted by molar-refractivity contribution is -0.136. The van der Waals surface area contributed by atoms with Gasteiger partial charge in [0.15, 0.2) is 0 Å². The number of amides is 1. The second kappa shape index (κ2) is 4.74. The number of carbonyl (C=O) groups is 1. The van der Waals surface area contributed by atoms with Gasteiger partial charge in [-0.2, -0.15) is 0 Å². The van der Waals surface area contributed by atoms with Crippen molar-refractivity contribution in [1.29, 1.82) is 0 Å². The maximum Gasteiger partial charge on any atom is 0.244 e. The molecule has 4 unspecified atom stereocenters. The molecular weight excluding hydrogens is 238 g/mol. The maximum absolute atomic E-state index is 12.7. The minimum absolute atomic E-state index is 0.190. The van der Waals surface area contributed by atoms with Gasteiger partial charge >= 0.3 is 0 Å². The summed E-state index contributed by atoms with van der Waals surface area (Å²) in [6.07, 6.45) is 6.05. The fraction of sp³-hybridized carbons (Fsp3) is 0.933. The Morgan fingerprint density at radius 2 is 2.11 bits per heavy atom. The predicted octanol–water partition coefficient (Wildman–Crippen LogP) is 1.56. The van der Waals surface area contributed by atoms with Crippen molar-refractivity contribution in [2.75, 3.05) is 13.1 Å². The molecule has 3 fully saturated rings. The molecule has 1 N–H and O–H groups in total. The Kier molecular flexibility index (Phi) is 3.34. The summed E-state index contributed by atoms with van der Waals surface area (Å²) in [5.41, 5.74) is -0.341. The average molecular weight is 265 g/mol. The Labute approximate surface area is 116 Å². The Balaban J connectivity index is 1.73. The molecule has 3 aliphatic heterocycles. The van der Waals surface area contributed by atoms with Crippen LogP contribution in [0.2, 0.25) is 0 Å². The summed E-state index contributed by atoms with van der Waals surface area (Å²) in [7, 11) is 0. The van der Waals surface area contributed by atoms with E-state index in [1.807, 2.05) is 0 Å². The third-order valence-electron chi connectivity index (χ3n) is 5.54. The van der Waals surface area contributed by atoms with Crippen molar-refractivity contribution in [3.05, 3.63) is 0 Å². The fourth-order valence-corrected chi connectivity index (χ4v) is 4.24. The van der Waals surface area contributed by atoms with Crippen LogP contribution in [0.15, 0.2) is 0 Å². The van der Waals surface area contributed by atoms with E-state index in [0.29, 0.717) is 11.9 Å². The molecule has 4 nitrogen and oxygen atoms in total. The van der Waals surface area contributed by atoms with Crippen LogP contribution in [0.5, 0.6) is 0 Å². The number of fused-ring (bicyclic) bond motifs is 1. The summed E-state index contributed by atoms with van der Waals surface area (Å²) in [5, 5.41) is 3.50. The molecule has 0 aromatic heterocycles. The quantitative estimate of drug-likeness (QED) is 0.823. The monoisotopic (exact) mass is 265 g/mol. The fourth-order valence-electron chi connectivity index (χ4n) is 4.24. The van der Waals surface area contributed by atoms with E-state index in [4.69, 9.17) is 0 Å². The SMILES string of the molecule is CCC1(C)NC(C)N(C2CCN3CCCC3C2)C1=O. The first-order valence-corrected chi connectivity index (χ1v) is 7.89. The summed E-state index contributed by atoms with van der Waals surface area (Å²) in [5.74, 6) is 0.318.